The molecule has 0 unspecified atom stereocenters. The summed E-state index contributed by atoms with van der Waals surface area (Å²) >= 11 is 0. The molecule has 6 nitrogen and oxygen atoms in total. The highest BCUT2D eigenvalue weighted by atomic mass is 16.2. The van der Waals surface area contributed by atoms with Crippen molar-refractivity contribution in [1.29, 1.82) is 0 Å². The van der Waals surface area contributed by atoms with E-state index in [-0.39, 0.29) is 11.8 Å². The van der Waals surface area contributed by atoms with Crippen molar-refractivity contribution in [3.05, 3.63) is 72.2 Å². The van der Waals surface area contributed by atoms with Gasteiger partial charge in [0, 0.05) is 44.5 Å². The Labute approximate surface area is 177 Å². The maximum atomic E-state index is 13.2. The van der Waals surface area contributed by atoms with Crippen molar-refractivity contribution in [2.24, 2.45) is 11.8 Å². The molecule has 2 atom stereocenters. The van der Waals surface area contributed by atoms with Crippen LogP contribution >= 0.6 is 0 Å². The van der Waals surface area contributed by atoms with Gasteiger partial charge in [-0.15, -0.1) is 0 Å². The minimum atomic E-state index is 0.113. The topological polar surface area (TPSA) is 62.2 Å². The Morgan fingerprint density at radius 1 is 1.03 bits per heavy atom. The van der Waals surface area contributed by atoms with Crippen LogP contribution in [0.1, 0.15) is 24.6 Å². The molecule has 0 radical (unpaired) electrons. The number of rotatable bonds is 7. The number of hydrogen-bond acceptors (Lipinski definition) is 5. The monoisotopic (exact) mass is 401 g/mol. The molecule has 4 rings (SSSR count). The van der Waals surface area contributed by atoms with Crippen LogP contribution in [-0.4, -0.2) is 39.9 Å². The van der Waals surface area contributed by atoms with Crippen molar-refractivity contribution >= 4 is 11.9 Å². The molecular formula is C24H27N5O. The summed E-state index contributed by atoms with van der Waals surface area (Å²) in [5.41, 5.74) is 3.59. The highest BCUT2D eigenvalue weighted by Gasteiger charge is 2.41. The van der Waals surface area contributed by atoms with Crippen molar-refractivity contribution in [2.45, 2.75) is 26.4 Å². The number of nitrogens with zero attached hydrogens (tertiary/aromatic N) is 5. The van der Waals surface area contributed by atoms with Crippen LogP contribution in [0.4, 0.5) is 5.95 Å². The van der Waals surface area contributed by atoms with Crippen LogP contribution in [0.15, 0.2) is 60.9 Å². The number of carbonyl (C=O) groups is 1. The second-order valence-corrected chi connectivity index (χ2v) is 8.14. The van der Waals surface area contributed by atoms with E-state index < -0.39 is 0 Å². The zero-order valence-corrected chi connectivity index (χ0v) is 17.7. The largest absolute Gasteiger partial charge is 0.347 e. The molecule has 0 saturated heterocycles. The SMILES string of the molecule is C[C@H]1C[C@H]1C(=O)N(Cc1ccccc1)Cc1nc(N(C)C)ncc1-c1ccccn1. The van der Waals surface area contributed by atoms with Gasteiger partial charge >= 0.3 is 0 Å². The Kier molecular flexibility index (Phi) is 5.74. The highest BCUT2D eigenvalue weighted by molar-refractivity contribution is 5.81. The fourth-order valence-electron chi connectivity index (χ4n) is 3.58. The van der Waals surface area contributed by atoms with Gasteiger partial charge in [-0.05, 0) is 30.0 Å². The minimum Gasteiger partial charge on any atom is -0.347 e. The molecule has 2 heterocycles. The van der Waals surface area contributed by atoms with Crippen LogP contribution in [-0.2, 0) is 17.9 Å². The molecule has 0 aliphatic heterocycles. The van der Waals surface area contributed by atoms with Crippen molar-refractivity contribution < 1.29 is 4.79 Å². The van der Waals surface area contributed by atoms with Crippen molar-refractivity contribution in [3.63, 3.8) is 0 Å². The first kappa shape index (κ1) is 20.0. The normalized spacial score (nSPS) is 17.4. The van der Waals surface area contributed by atoms with Crippen molar-refractivity contribution in [1.82, 2.24) is 19.9 Å². The van der Waals surface area contributed by atoms with Gasteiger partial charge < -0.3 is 9.80 Å². The molecule has 1 aromatic carbocycles. The van der Waals surface area contributed by atoms with Gasteiger partial charge in [-0.1, -0.05) is 43.3 Å². The van der Waals surface area contributed by atoms with Crippen LogP contribution < -0.4 is 4.90 Å². The minimum absolute atomic E-state index is 0.113. The lowest BCUT2D eigenvalue weighted by atomic mass is 10.1. The number of pyridine rings is 1. The van der Waals surface area contributed by atoms with Gasteiger partial charge in [0.15, 0.2) is 0 Å². The summed E-state index contributed by atoms with van der Waals surface area (Å²) in [6.45, 7) is 3.12. The fraction of sp³-hybridized carbons (Fsp3) is 0.333. The summed E-state index contributed by atoms with van der Waals surface area (Å²) in [4.78, 5) is 30.8. The molecule has 0 N–H and O–H groups in total. The van der Waals surface area contributed by atoms with Crippen LogP contribution in [0.2, 0.25) is 0 Å². The first-order valence-electron chi connectivity index (χ1n) is 10.3. The summed E-state index contributed by atoms with van der Waals surface area (Å²) in [5, 5.41) is 0. The lowest BCUT2D eigenvalue weighted by molar-refractivity contribution is -0.134. The number of carbonyl (C=O) groups excluding carboxylic acids is 1. The van der Waals surface area contributed by atoms with Gasteiger partial charge in [0.1, 0.15) is 0 Å². The van der Waals surface area contributed by atoms with Crippen molar-refractivity contribution in [2.75, 3.05) is 19.0 Å². The molecule has 1 saturated carbocycles. The van der Waals surface area contributed by atoms with Gasteiger partial charge in [-0.2, -0.15) is 0 Å². The van der Waals surface area contributed by atoms with Gasteiger partial charge in [0.05, 0.1) is 17.9 Å². The molecule has 1 aliphatic carbocycles. The number of aromatic nitrogens is 3. The van der Waals surface area contributed by atoms with E-state index in [1.165, 1.54) is 0 Å². The summed E-state index contributed by atoms with van der Waals surface area (Å²) in [6.07, 6.45) is 4.53. The molecule has 6 heteroatoms. The average molecular weight is 402 g/mol. The first-order chi connectivity index (χ1) is 14.5. The third kappa shape index (κ3) is 4.48. The quantitative estimate of drug-likeness (QED) is 0.603. The number of amides is 1. The van der Waals surface area contributed by atoms with Gasteiger partial charge in [0.2, 0.25) is 11.9 Å². The third-order valence-corrected chi connectivity index (χ3v) is 5.49. The number of anilines is 1. The maximum absolute atomic E-state index is 13.2. The van der Waals surface area contributed by atoms with Crippen LogP contribution in [0.3, 0.4) is 0 Å². The molecular weight excluding hydrogens is 374 g/mol. The highest BCUT2D eigenvalue weighted by Crippen LogP contribution is 2.40. The predicted octanol–water partition coefficient (Wildman–Crippen LogP) is 3.79. The van der Waals surface area contributed by atoms with E-state index in [0.717, 1.165) is 28.9 Å². The van der Waals surface area contributed by atoms with E-state index in [9.17, 15) is 4.79 Å². The second-order valence-electron chi connectivity index (χ2n) is 8.14. The van der Waals surface area contributed by atoms with E-state index in [0.29, 0.717) is 25.0 Å². The molecule has 0 bridgehead atoms. The smallest absolute Gasteiger partial charge is 0.226 e. The summed E-state index contributed by atoms with van der Waals surface area (Å²) in [7, 11) is 3.83. The molecule has 154 valence electrons. The Hall–Kier alpha value is -3.28. The maximum Gasteiger partial charge on any atom is 0.226 e. The Morgan fingerprint density at radius 3 is 2.40 bits per heavy atom. The molecule has 1 amide bonds. The molecule has 1 fully saturated rings. The number of hydrogen-bond donors (Lipinski definition) is 0. The van der Waals surface area contributed by atoms with Crippen LogP contribution in [0.25, 0.3) is 11.3 Å². The second kappa shape index (κ2) is 8.61. The zero-order chi connectivity index (χ0) is 21.1. The van der Waals surface area contributed by atoms with E-state index in [2.05, 4.69) is 29.0 Å². The molecule has 30 heavy (non-hydrogen) atoms. The van der Waals surface area contributed by atoms with Crippen molar-refractivity contribution in [3.8, 4) is 11.3 Å². The Bertz CT molecular complexity index is 1010. The predicted molar refractivity (Wildman–Crippen MR) is 118 cm³/mol. The lowest BCUT2D eigenvalue weighted by Crippen LogP contribution is -2.32. The standard InChI is InChI=1S/C24H27N5O/c1-17-13-19(17)23(30)29(15-18-9-5-4-6-10-18)16-22-20(21-11-7-8-12-25-21)14-26-24(27-22)28(2)3/h4-12,14,17,19H,13,15-16H2,1-3H3/t17-,19+/m0/s1. The first-order valence-corrected chi connectivity index (χ1v) is 10.3. The van der Waals surface area contributed by atoms with Crippen LogP contribution in [0, 0.1) is 11.8 Å². The number of benzene rings is 1. The average Bonchev–Trinajstić information content (AvgIpc) is 3.50. The molecule has 2 aromatic heterocycles. The van der Waals surface area contributed by atoms with E-state index in [1.807, 2.05) is 66.5 Å². The lowest BCUT2D eigenvalue weighted by Gasteiger charge is -2.24. The fourth-order valence-corrected chi connectivity index (χ4v) is 3.58. The zero-order valence-electron chi connectivity index (χ0n) is 17.7. The summed E-state index contributed by atoms with van der Waals surface area (Å²) in [6, 6.07) is 15.9. The van der Waals surface area contributed by atoms with Crippen LogP contribution in [0.5, 0.6) is 0 Å². The molecule has 0 spiro atoms. The van der Waals surface area contributed by atoms with E-state index >= 15 is 0 Å². The van der Waals surface area contributed by atoms with E-state index in [4.69, 9.17) is 4.98 Å². The van der Waals surface area contributed by atoms with E-state index in [1.54, 1.807) is 6.20 Å². The molecule has 1 aliphatic rings. The van der Waals surface area contributed by atoms with Gasteiger partial charge in [0.25, 0.3) is 0 Å². The summed E-state index contributed by atoms with van der Waals surface area (Å²) in [5.74, 6) is 1.39. The third-order valence-electron chi connectivity index (χ3n) is 5.49. The molecule has 3 aromatic rings. The Morgan fingerprint density at radius 2 is 1.77 bits per heavy atom. The van der Waals surface area contributed by atoms with Gasteiger partial charge in [-0.25, -0.2) is 9.97 Å². The Balaban J connectivity index is 1.70. The summed E-state index contributed by atoms with van der Waals surface area (Å²) < 4.78 is 0. The van der Waals surface area contributed by atoms with Gasteiger partial charge in [-0.3, -0.25) is 9.78 Å².